The van der Waals surface area contributed by atoms with E-state index in [0.29, 0.717) is 24.7 Å². The first kappa shape index (κ1) is 16.9. The third-order valence-electron chi connectivity index (χ3n) is 4.75. The molecule has 4 heteroatoms. The highest BCUT2D eigenvalue weighted by molar-refractivity contribution is 5.47. The number of hydrogen-bond donors (Lipinski definition) is 1. The maximum absolute atomic E-state index is 12.8. The highest BCUT2D eigenvalue weighted by atomic mass is 19.3. The van der Waals surface area contributed by atoms with Crippen LogP contribution in [0.5, 0.6) is 0 Å². The van der Waals surface area contributed by atoms with Crippen molar-refractivity contribution in [2.45, 2.75) is 63.8 Å². The number of rotatable bonds is 3. The van der Waals surface area contributed by atoms with Gasteiger partial charge in [0.15, 0.2) is 0 Å². The standard InChI is InChI=1S/C11H14.C7H11F2NO/c1-11(2)8-10(11)9-6-4-3-5-7-9;8-7(9)4-2-1-3-6(7)10-5-11/h3-7,10H,8H2,1-2H3;5-6H,1-4H2,(H,10,11). The molecule has 0 radical (unpaired) electrons. The first-order valence-corrected chi connectivity index (χ1v) is 7.99. The number of halogens is 2. The van der Waals surface area contributed by atoms with Crippen LogP contribution in [0.1, 0.15) is 57.4 Å². The van der Waals surface area contributed by atoms with Crippen LogP contribution >= 0.6 is 0 Å². The summed E-state index contributed by atoms with van der Waals surface area (Å²) in [6.07, 6.45) is 3.34. The summed E-state index contributed by atoms with van der Waals surface area (Å²) in [6.45, 7) is 4.68. The van der Waals surface area contributed by atoms with E-state index < -0.39 is 12.0 Å². The van der Waals surface area contributed by atoms with Gasteiger partial charge in [0, 0.05) is 6.42 Å². The van der Waals surface area contributed by atoms with Crippen molar-refractivity contribution in [3.05, 3.63) is 35.9 Å². The molecule has 0 saturated heterocycles. The number of amides is 1. The van der Waals surface area contributed by atoms with Gasteiger partial charge in [-0.15, -0.1) is 0 Å². The molecular formula is C18H25F2NO. The van der Waals surface area contributed by atoms with Crippen LogP contribution in [0.3, 0.4) is 0 Å². The van der Waals surface area contributed by atoms with Gasteiger partial charge in [-0.1, -0.05) is 50.6 Å². The molecule has 1 aromatic rings. The zero-order valence-corrected chi connectivity index (χ0v) is 13.3. The molecule has 2 saturated carbocycles. The molecule has 2 aliphatic rings. The molecule has 0 aliphatic heterocycles. The predicted molar refractivity (Wildman–Crippen MR) is 84.0 cm³/mol. The molecule has 2 atom stereocenters. The second-order valence-electron chi connectivity index (χ2n) is 7.00. The second kappa shape index (κ2) is 6.76. The van der Waals surface area contributed by atoms with Gasteiger partial charge in [0.2, 0.25) is 6.41 Å². The molecule has 3 rings (SSSR count). The molecular weight excluding hydrogens is 284 g/mol. The Hall–Kier alpha value is -1.45. The molecule has 0 bridgehead atoms. The van der Waals surface area contributed by atoms with Crippen molar-refractivity contribution in [1.29, 1.82) is 0 Å². The molecule has 2 unspecified atom stereocenters. The van der Waals surface area contributed by atoms with Crippen LogP contribution in [-0.2, 0) is 4.79 Å². The van der Waals surface area contributed by atoms with Crippen molar-refractivity contribution in [3.8, 4) is 0 Å². The first-order chi connectivity index (χ1) is 10.4. The van der Waals surface area contributed by atoms with Gasteiger partial charge in [0.25, 0.3) is 5.92 Å². The summed E-state index contributed by atoms with van der Waals surface area (Å²) in [5.41, 5.74) is 2.08. The lowest BCUT2D eigenvalue weighted by atomic mass is 9.92. The van der Waals surface area contributed by atoms with Gasteiger partial charge < -0.3 is 5.32 Å². The number of carbonyl (C=O) groups is 1. The lowest BCUT2D eigenvalue weighted by molar-refractivity contribution is -0.116. The SMILES string of the molecule is CC1(C)CC1c1ccccc1.O=CNC1CCCCC1(F)F. The molecule has 0 spiro atoms. The zero-order chi connectivity index (χ0) is 16.2. The Kier molecular flexibility index (Phi) is 5.20. The fourth-order valence-electron chi connectivity index (χ4n) is 3.10. The molecule has 1 amide bonds. The Morgan fingerprint density at radius 2 is 1.82 bits per heavy atom. The van der Waals surface area contributed by atoms with E-state index in [1.54, 1.807) is 0 Å². The minimum absolute atomic E-state index is 0.0987. The van der Waals surface area contributed by atoms with Gasteiger partial charge >= 0.3 is 0 Å². The fourth-order valence-corrected chi connectivity index (χ4v) is 3.10. The average molecular weight is 309 g/mol. The molecule has 2 aliphatic carbocycles. The van der Waals surface area contributed by atoms with Crippen LogP contribution in [0.25, 0.3) is 0 Å². The van der Waals surface area contributed by atoms with Crippen LogP contribution in [-0.4, -0.2) is 18.4 Å². The van der Waals surface area contributed by atoms with E-state index in [1.165, 1.54) is 12.0 Å². The summed E-state index contributed by atoms with van der Waals surface area (Å²) in [4.78, 5) is 9.92. The summed E-state index contributed by atoms with van der Waals surface area (Å²) in [7, 11) is 0. The van der Waals surface area contributed by atoms with Gasteiger partial charge in [0.1, 0.15) is 0 Å². The summed E-state index contributed by atoms with van der Waals surface area (Å²) >= 11 is 0. The van der Waals surface area contributed by atoms with Crippen LogP contribution in [0.4, 0.5) is 8.78 Å². The van der Waals surface area contributed by atoms with Gasteiger partial charge in [0.05, 0.1) is 6.04 Å². The molecule has 0 aromatic heterocycles. The highest BCUT2D eigenvalue weighted by Gasteiger charge is 2.46. The molecule has 2 nitrogen and oxygen atoms in total. The smallest absolute Gasteiger partial charge is 0.267 e. The summed E-state index contributed by atoms with van der Waals surface area (Å²) in [5, 5.41) is 2.14. The van der Waals surface area contributed by atoms with Crippen LogP contribution in [0.15, 0.2) is 30.3 Å². The van der Waals surface area contributed by atoms with Crippen molar-refractivity contribution in [1.82, 2.24) is 5.32 Å². The van der Waals surface area contributed by atoms with E-state index in [4.69, 9.17) is 0 Å². The van der Waals surface area contributed by atoms with Gasteiger partial charge in [-0.25, -0.2) is 8.78 Å². The van der Waals surface area contributed by atoms with Crippen LogP contribution in [0.2, 0.25) is 0 Å². The van der Waals surface area contributed by atoms with Crippen molar-refractivity contribution in [2.24, 2.45) is 5.41 Å². The predicted octanol–water partition coefficient (Wildman–Crippen LogP) is 4.51. The number of nitrogens with one attached hydrogen (secondary N) is 1. The van der Waals surface area contributed by atoms with Crippen molar-refractivity contribution < 1.29 is 13.6 Å². The minimum Gasteiger partial charge on any atom is -0.350 e. The lowest BCUT2D eigenvalue weighted by Crippen LogP contribution is -2.46. The second-order valence-corrected chi connectivity index (χ2v) is 7.00. The number of carbonyl (C=O) groups excluding carboxylic acids is 1. The van der Waals surface area contributed by atoms with E-state index in [2.05, 4.69) is 49.5 Å². The average Bonchev–Trinajstić information content (AvgIpc) is 3.12. The Balaban J connectivity index is 0.000000160. The topological polar surface area (TPSA) is 29.1 Å². The Morgan fingerprint density at radius 1 is 1.18 bits per heavy atom. The first-order valence-electron chi connectivity index (χ1n) is 7.99. The van der Waals surface area contributed by atoms with E-state index >= 15 is 0 Å². The zero-order valence-electron chi connectivity index (χ0n) is 13.3. The van der Waals surface area contributed by atoms with E-state index in [0.717, 1.165) is 12.3 Å². The summed E-state index contributed by atoms with van der Waals surface area (Å²) in [6, 6.07) is 9.87. The maximum atomic E-state index is 12.8. The van der Waals surface area contributed by atoms with E-state index in [1.807, 2.05) is 0 Å². The van der Waals surface area contributed by atoms with E-state index in [9.17, 15) is 13.6 Å². The Morgan fingerprint density at radius 3 is 2.32 bits per heavy atom. The molecule has 1 N–H and O–H groups in total. The monoisotopic (exact) mass is 309 g/mol. The molecule has 2 fully saturated rings. The van der Waals surface area contributed by atoms with Crippen LogP contribution < -0.4 is 5.32 Å². The van der Waals surface area contributed by atoms with Crippen molar-refractivity contribution in [2.75, 3.05) is 0 Å². The minimum atomic E-state index is -2.70. The quantitative estimate of drug-likeness (QED) is 0.818. The van der Waals surface area contributed by atoms with Crippen molar-refractivity contribution in [3.63, 3.8) is 0 Å². The summed E-state index contributed by atoms with van der Waals surface area (Å²) < 4.78 is 25.7. The maximum Gasteiger partial charge on any atom is 0.267 e. The van der Waals surface area contributed by atoms with E-state index in [-0.39, 0.29) is 6.42 Å². The summed E-state index contributed by atoms with van der Waals surface area (Å²) in [5.74, 6) is -1.87. The number of alkyl halides is 2. The highest BCUT2D eigenvalue weighted by Crippen LogP contribution is 2.58. The van der Waals surface area contributed by atoms with Gasteiger partial charge in [-0.2, -0.15) is 0 Å². The van der Waals surface area contributed by atoms with Crippen LogP contribution in [0, 0.1) is 5.41 Å². The normalized spacial score (nSPS) is 28.0. The molecule has 122 valence electrons. The third-order valence-corrected chi connectivity index (χ3v) is 4.75. The molecule has 1 aromatic carbocycles. The number of hydrogen-bond acceptors (Lipinski definition) is 1. The third kappa shape index (κ3) is 4.28. The Bertz CT molecular complexity index is 487. The molecule has 22 heavy (non-hydrogen) atoms. The van der Waals surface area contributed by atoms with Gasteiger partial charge in [-0.05, 0) is 36.2 Å². The largest absolute Gasteiger partial charge is 0.350 e. The Labute approximate surface area is 131 Å². The fraction of sp³-hybridized carbons (Fsp3) is 0.611. The van der Waals surface area contributed by atoms with Crippen molar-refractivity contribution >= 4 is 6.41 Å². The molecule has 0 heterocycles. The van der Waals surface area contributed by atoms with Gasteiger partial charge in [-0.3, -0.25) is 4.79 Å². The lowest BCUT2D eigenvalue weighted by Gasteiger charge is -2.30. The number of benzene rings is 1.